The predicted molar refractivity (Wildman–Crippen MR) is 75.4 cm³/mol. The second-order valence-corrected chi connectivity index (χ2v) is 6.46. The van der Waals surface area contributed by atoms with Gasteiger partial charge in [0.15, 0.2) is 0 Å². The number of piperazine rings is 1. The number of rotatable bonds is 3. The van der Waals surface area contributed by atoms with Gasteiger partial charge in [-0.25, -0.2) is 4.39 Å². The molecule has 104 valence electrons. The molecule has 2 atom stereocenters. The minimum atomic E-state index is -0.134. The normalized spacial score (nSPS) is 32.5. The molecule has 1 aliphatic heterocycles. The van der Waals surface area contributed by atoms with Crippen LogP contribution >= 0.6 is 0 Å². The summed E-state index contributed by atoms with van der Waals surface area (Å²) in [5.74, 6) is 0.695. The van der Waals surface area contributed by atoms with Gasteiger partial charge in [0.1, 0.15) is 5.82 Å². The van der Waals surface area contributed by atoms with Gasteiger partial charge in [0.2, 0.25) is 0 Å². The molecular weight excluding hydrogens is 239 g/mol. The average molecular weight is 262 g/mol. The van der Waals surface area contributed by atoms with Crippen molar-refractivity contribution in [3.05, 3.63) is 35.6 Å². The summed E-state index contributed by atoms with van der Waals surface area (Å²) in [5.41, 5.74) is 1.33. The van der Waals surface area contributed by atoms with Gasteiger partial charge in [-0.2, -0.15) is 0 Å². The molecular formula is C16H23FN2. The maximum Gasteiger partial charge on any atom is 0.123 e. The first-order valence-electron chi connectivity index (χ1n) is 7.30. The number of hydrogen-bond acceptors (Lipinski definition) is 2. The van der Waals surface area contributed by atoms with E-state index in [4.69, 9.17) is 0 Å². The fraction of sp³-hybridized carbons (Fsp3) is 0.625. The van der Waals surface area contributed by atoms with Gasteiger partial charge in [-0.05, 0) is 50.3 Å². The molecule has 1 N–H and O–H groups in total. The van der Waals surface area contributed by atoms with Crippen LogP contribution in [0.2, 0.25) is 0 Å². The molecule has 2 aliphatic rings. The number of hydrogen-bond donors (Lipinski definition) is 1. The van der Waals surface area contributed by atoms with Crippen LogP contribution in [0.25, 0.3) is 0 Å². The largest absolute Gasteiger partial charge is 0.308 e. The van der Waals surface area contributed by atoms with Crippen LogP contribution in [-0.2, 0) is 6.54 Å². The van der Waals surface area contributed by atoms with Crippen molar-refractivity contribution in [2.24, 2.45) is 5.92 Å². The lowest BCUT2D eigenvalue weighted by molar-refractivity contribution is 0.0769. The fourth-order valence-corrected chi connectivity index (χ4v) is 3.22. The second-order valence-electron chi connectivity index (χ2n) is 6.46. The van der Waals surface area contributed by atoms with Crippen LogP contribution in [0.15, 0.2) is 24.3 Å². The molecule has 1 saturated carbocycles. The Morgan fingerprint density at radius 1 is 1.42 bits per heavy atom. The van der Waals surface area contributed by atoms with Crippen molar-refractivity contribution < 1.29 is 4.39 Å². The Hall–Kier alpha value is -0.930. The maximum absolute atomic E-state index is 13.3. The molecule has 1 aliphatic carbocycles. The lowest BCUT2D eigenvalue weighted by Gasteiger charge is -2.45. The number of halogens is 1. The van der Waals surface area contributed by atoms with Gasteiger partial charge < -0.3 is 5.32 Å². The summed E-state index contributed by atoms with van der Waals surface area (Å²) in [4.78, 5) is 2.49. The summed E-state index contributed by atoms with van der Waals surface area (Å²) in [6.45, 7) is 7.54. The van der Waals surface area contributed by atoms with Crippen molar-refractivity contribution in [1.82, 2.24) is 10.2 Å². The zero-order valence-corrected chi connectivity index (χ0v) is 11.8. The minimum Gasteiger partial charge on any atom is -0.308 e. The summed E-state index contributed by atoms with van der Waals surface area (Å²) in [6, 6.07) is 7.50. The molecule has 3 heteroatoms. The maximum atomic E-state index is 13.3. The van der Waals surface area contributed by atoms with Crippen LogP contribution in [0, 0.1) is 11.7 Å². The number of nitrogens with one attached hydrogen (secondary N) is 1. The molecule has 0 aromatic heterocycles. The molecule has 0 bridgehead atoms. The van der Waals surface area contributed by atoms with Crippen molar-refractivity contribution >= 4 is 0 Å². The molecule has 3 rings (SSSR count). The molecule has 1 aromatic rings. The molecule has 1 saturated heterocycles. The van der Waals surface area contributed by atoms with E-state index in [9.17, 15) is 4.39 Å². The van der Waals surface area contributed by atoms with E-state index in [2.05, 4.69) is 24.1 Å². The quantitative estimate of drug-likeness (QED) is 0.901. The van der Waals surface area contributed by atoms with E-state index in [1.165, 1.54) is 18.9 Å². The van der Waals surface area contributed by atoms with Gasteiger partial charge in [0.25, 0.3) is 0 Å². The molecule has 0 spiro atoms. The van der Waals surface area contributed by atoms with E-state index < -0.39 is 0 Å². The van der Waals surface area contributed by atoms with E-state index in [1.807, 2.05) is 6.07 Å². The summed E-state index contributed by atoms with van der Waals surface area (Å²) in [5, 5.41) is 3.72. The third kappa shape index (κ3) is 2.82. The monoisotopic (exact) mass is 262 g/mol. The summed E-state index contributed by atoms with van der Waals surface area (Å²) in [7, 11) is 0. The standard InChI is InChI=1S/C16H23FN2/c1-12-9-18-16(2,14-6-7-14)11-19(12)10-13-4-3-5-15(17)8-13/h3-5,8,12,14,18H,6-7,9-11H2,1-2H3. The zero-order valence-electron chi connectivity index (χ0n) is 11.8. The van der Waals surface area contributed by atoms with Gasteiger partial charge >= 0.3 is 0 Å². The van der Waals surface area contributed by atoms with Crippen molar-refractivity contribution in [1.29, 1.82) is 0 Å². The third-order valence-corrected chi connectivity index (χ3v) is 4.71. The zero-order chi connectivity index (χ0) is 13.5. The van der Waals surface area contributed by atoms with E-state index in [0.717, 1.165) is 31.1 Å². The highest BCUT2D eigenvalue weighted by atomic mass is 19.1. The fourth-order valence-electron chi connectivity index (χ4n) is 3.22. The van der Waals surface area contributed by atoms with Gasteiger partial charge in [-0.3, -0.25) is 4.90 Å². The lowest BCUT2D eigenvalue weighted by atomic mass is 9.91. The van der Waals surface area contributed by atoms with Crippen LogP contribution in [0.1, 0.15) is 32.3 Å². The van der Waals surface area contributed by atoms with Crippen LogP contribution < -0.4 is 5.32 Å². The molecule has 1 aromatic carbocycles. The molecule has 19 heavy (non-hydrogen) atoms. The number of nitrogens with zero attached hydrogens (tertiary/aromatic N) is 1. The first-order chi connectivity index (χ1) is 9.07. The van der Waals surface area contributed by atoms with Crippen molar-refractivity contribution in [3.8, 4) is 0 Å². The molecule has 2 unspecified atom stereocenters. The van der Waals surface area contributed by atoms with Gasteiger partial charge in [0, 0.05) is 31.2 Å². The SMILES string of the molecule is CC1CNC(C)(C2CC2)CN1Cc1cccc(F)c1. The Kier molecular flexibility index (Phi) is 3.35. The van der Waals surface area contributed by atoms with E-state index in [0.29, 0.717) is 6.04 Å². The molecule has 2 nitrogen and oxygen atoms in total. The molecule has 2 fully saturated rings. The second kappa shape index (κ2) is 4.88. The molecule has 1 heterocycles. The van der Waals surface area contributed by atoms with Gasteiger partial charge in [-0.15, -0.1) is 0 Å². The van der Waals surface area contributed by atoms with E-state index in [-0.39, 0.29) is 11.4 Å². The van der Waals surface area contributed by atoms with Crippen LogP contribution in [0.4, 0.5) is 4.39 Å². The van der Waals surface area contributed by atoms with Gasteiger partial charge in [0.05, 0.1) is 0 Å². The Morgan fingerprint density at radius 3 is 2.89 bits per heavy atom. The summed E-state index contributed by atoms with van der Waals surface area (Å²) in [6.07, 6.45) is 2.71. The first-order valence-corrected chi connectivity index (χ1v) is 7.30. The Morgan fingerprint density at radius 2 is 2.21 bits per heavy atom. The van der Waals surface area contributed by atoms with Crippen LogP contribution in [-0.4, -0.2) is 29.6 Å². The van der Waals surface area contributed by atoms with Crippen molar-refractivity contribution in [2.75, 3.05) is 13.1 Å². The Labute approximate surface area is 115 Å². The lowest BCUT2D eigenvalue weighted by Crippen LogP contribution is -2.62. The van der Waals surface area contributed by atoms with E-state index >= 15 is 0 Å². The average Bonchev–Trinajstić information content (AvgIpc) is 3.19. The number of benzene rings is 1. The highest BCUT2D eigenvalue weighted by Crippen LogP contribution is 2.41. The van der Waals surface area contributed by atoms with Crippen molar-refractivity contribution in [2.45, 2.75) is 44.8 Å². The topological polar surface area (TPSA) is 15.3 Å². The Balaban J connectivity index is 1.71. The molecule has 0 radical (unpaired) electrons. The highest BCUT2D eigenvalue weighted by Gasteiger charge is 2.45. The highest BCUT2D eigenvalue weighted by molar-refractivity contribution is 5.17. The minimum absolute atomic E-state index is 0.134. The predicted octanol–water partition coefficient (Wildman–Crippen LogP) is 2.79. The summed E-state index contributed by atoms with van der Waals surface area (Å²) < 4.78 is 13.3. The third-order valence-electron chi connectivity index (χ3n) is 4.71. The smallest absolute Gasteiger partial charge is 0.123 e. The first kappa shape index (κ1) is 13.1. The van der Waals surface area contributed by atoms with Gasteiger partial charge in [-0.1, -0.05) is 12.1 Å². The van der Waals surface area contributed by atoms with Crippen molar-refractivity contribution in [3.63, 3.8) is 0 Å². The van der Waals surface area contributed by atoms with Crippen LogP contribution in [0.3, 0.4) is 0 Å². The Bertz CT molecular complexity index is 458. The molecule has 0 amide bonds. The van der Waals surface area contributed by atoms with Crippen LogP contribution in [0.5, 0.6) is 0 Å². The summed E-state index contributed by atoms with van der Waals surface area (Å²) >= 11 is 0. The van der Waals surface area contributed by atoms with E-state index in [1.54, 1.807) is 12.1 Å².